The predicted octanol–water partition coefficient (Wildman–Crippen LogP) is 2.16. The second-order valence-electron chi connectivity index (χ2n) is 5.51. The Hall–Kier alpha value is -0.120. The van der Waals surface area contributed by atoms with Gasteiger partial charge in [-0.25, -0.2) is 0 Å². The molecule has 0 aromatic heterocycles. The highest BCUT2D eigenvalue weighted by molar-refractivity contribution is 4.76. The molecule has 17 heavy (non-hydrogen) atoms. The van der Waals surface area contributed by atoms with Crippen LogP contribution < -0.4 is 11.1 Å². The number of hydrogen-bond acceptors (Lipinski definition) is 3. The van der Waals surface area contributed by atoms with Gasteiger partial charge in [0.05, 0.1) is 6.61 Å². The third-order valence-electron chi connectivity index (χ3n) is 4.08. The van der Waals surface area contributed by atoms with E-state index in [-0.39, 0.29) is 0 Å². The molecule has 0 spiro atoms. The van der Waals surface area contributed by atoms with E-state index in [0.29, 0.717) is 6.04 Å². The number of nitrogens with one attached hydrogen (secondary N) is 1. The normalized spacial score (nSPS) is 27.0. The van der Waals surface area contributed by atoms with Crippen molar-refractivity contribution in [2.45, 2.75) is 51.5 Å². The number of methoxy groups -OCH3 is 1. The van der Waals surface area contributed by atoms with Crippen LogP contribution in [-0.4, -0.2) is 32.8 Å². The SMILES string of the molecule is COCC(CCCN)NCC1CCCCC1C. The van der Waals surface area contributed by atoms with Gasteiger partial charge in [0.15, 0.2) is 0 Å². The maximum absolute atomic E-state index is 5.57. The Morgan fingerprint density at radius 2 is 2.12 bits per heavy atom. The van der Waals surface area contributed by atoms with E-state index in [2.05, 4.69) is 12.2 Å². The molecule has 0 amide bonds. The van der Waals surface area contributed by atoms with Gasteiger partial charge >= 0.3 is 0 Å². The Balaban J connectivity index is 2.23. The van der Waals surface area contributed by atoms with Gasteiger partial charge in [-0.3, -0.25) is 0 Å². The molecule has 0 radical (unpaired) electrons. The van der Waals surface area contributed by atoms with Gasteiger partial charge in [-0.05, 0) is 44.2 Å². The quantitative estimate of drug-likeness (QED) is 0.685. The second-order valence-corrected chi connectivity index (χ2v) is 5.51. The maximum Gasteiger partial charge on any atom is 0.0615 e. The zero-order valence-corrected chi connectivity index (χ0v) is 11.6. The van der Waals surface area contributed by atoms with E-state index in [1.54, 1.807) is 7.11 Å². The molecule has 3 unspecified atom stereocenters. The van der Waals surface area contributed by atoms with Gasteiger partial charge in [0.2, 0.25) is 0 Å². The van der Waals surface area contributed by atoms with Gasteiger partial charge in [-0.1, -0.05) is 26.2 Å². The molecule has 1 aliphatic rings. The fraction of sp³-hybridized carbons (Fsp3) is 1.00. The molecule has 0 heterocycles. The first-order valence-electron chi connectivity index (χ1n) is 7.20. The molecule has 1 fully saturated rings. The lowest BCUT2D eigenvalue weighted by Crippen LogP contribution is -2.39. The van der Waals surface area contributed by atoms with Gasteiger partial charge in [0.25, 0.3) is 0 Å². The Kier molecular flexibility index (Phi) is 7.82. The lowest BCUT2D eigenvalue weighted by molar-refractivity contribution is 0.152. The molecule has 0 saturated heterocycles. The third kappa shape index (κ3) is 5.84. The van der Waals surface area contributed by atoms with Crippen molar-refractivity contribution < 1.29 is 4.74 Å². The van der Waals surface area contributed by atoms with E-state index in [4.69, 9.17) is 10.5 Å². The number of nitrogens with two attached hydrogens (primary N) is 1. The Labute approximate surface area is 106 Å². The molecule has 0 aliphatic heterocycles. The zero-order valence-electron chi connectivity index (χ0n) is 11.6. The lowest BCUT2D eigenvalue weighted by Gasteiger charge is -2.30. The minimum Gasteiger partial charge on any atom is -0.383 e. The third-order valence-corrected chi connectivity index (χ3v) is 4.08. The molecule has 3 heteroatoms. The molecule has 0 bridgehead atoms. The van der Waals surface area contributed by atoms with E-state index in [1.807, 2.05) is 0 Å². The molecule has 3 atom stereocenters. The Morgan fingerprint density at radius 1 is 1.35 bits per heavy atom. The predicted molar refractivity (Wildman–Crippen MR) is 73.1 cm³/mol. The molecular weight excluding hydrogens is 212 g/mol. The van der Waals surface area contributed by atoms with E-state index in [1.165, 1.54) is 25.7 Å². The van der Waals surface area contributed by atoms with Crippen molar-refractivity contribution in [3.05, 3.63) is 0 Å². The minimum absolute atomic E-state index is 0.484. The summed E-state index contributed by atoms with van der Waals surface area (Å²) in [6, 6.07) is 0.484. The monoisotopic (exact) mass is 242 g/mol. The Bertz CT molecular complexity index is 187. The highest BCUT2D eigenvalue weighted by Gasteiger charge is 2.21. The lowest BCUT2D eigenvalue weighted by atomic mass is 9.80. The van der Waals surface area contributed by atoms with Crippen LogP contribution in [0.1, 0.15) is 45.4 Å². The largest absolute Gasteiger partial charge is 0.383 e. The molecule has 0 aromatic rings. The first kappa shape index (κ1) is 14.9. The van der Waals surface area contributed by atoms with Crippen LogP contribution in [0.3, 0.4) is 0 Å². The molecule has 102 valence electrons. The fourth-order valence-corrected chi connectivity index (χ4v) is 2.82. The number of ether oxygens (including phenoxy) is 1. The summed E-state index contributed by atoms with van der Waals surface area (Å²) in [5.74, 6) is 1.75. The van der Waals surface area contributed by atoms with Crippen LogP contribution >= 0.6 is 0 Å². The Morgan fingerprint density at radius 3 is 2.76 bits per heavy atom. The summed E-state index contributed by atoms with van der Waals surface area (Å²) in [6.45, 7) is 5.14. The van der Waals surface area contributed by atoms with E-state index in [9.17, 15) is 0 Å². The van der Waals surface area contributed by atoms with Crippen LogP contribution in [0, 0.1) is 11.8 Å². The summed E-state index contributed by atoms with van der Waals surface area (Å²) < 4.78 is 5.26. The summed E-state index contributed by atoms with van der Waals surface area (Å²) in [4.78, 5) is 0. The van der Waals surface area contributed by atoms with Gasteiger partial charge in [0, 0.05) is 13.2 Å². The van der Waals surface area contributed by atoms with Crippen molar-refractivity contribution in [2.24, 2.45) is 17.6 Å². The van der Waals surface area contributed by atoms with Crippen LogP contribution in [0.5, 0.6) is 0 Å². The van der Waals surface area contributed by atoms with Crippen LogP contribution in [0.25, 0.3) is 0 Å². The van der Waals surface area contributed by atoms with Crippen molar-refractivity contribution >= 4 is 0 Å². The molecule has 3 nitrogen and oxygen atoms in total. The summed E-state index contributed by atoms with van der Waals surface area (Å²) in [7, 11) is 1.78. The molecule has 1 rings (SSSR count). The van der Waals surface area contributed by atoms with Crippen molar-refractivity contribution in [3.63, 3.8) is 0 Å². The molecule has 1 saturated carbocycles. The molecule has 3 N–H and O–H groups in total. The smallest absolute Gasteiger partial charge is 0.0615 e. The average Bonchev–Trinajstić information content (AvgIpc) is 2.34. The van der Waals surface area contributed by atoms with Crippen molar-refractivity contribution in [1.29, 1.82) is 0 Å². The van der Waals surface area contributed by atoms with Crippen molar-refractivity contribution in [2.75, 3.05) is 26.8 Å². The van der Waals surface area contributed by atoms with Crippen LogP contribution in [0.4, 0.5) is 0 Å². The standard InChI is InChI=1S/C14H30N2O/c1-12-6-3-4-7-13(12)10-16-14(11-17-2)8-5-9-15/h12-14,16H,3-11,15H2,1-2H3. The topological polar surface area (TPSA) is 47.3 Å². The fourth-order valence-electron chi connectivity index (χ4n) is 2.82. The van der Waals surface area contributed by atoms with Crippen LogP contribution in [-0.2, 0) is 4.74 Å². The first-order valence-corrected chi connectivity index (χ1v) is 7.20. The summed E-state index contributed by atoms with van der Waals surface area (Å²) in [5, 5.41) is 3.68. The highest BCUT2D eigenvalue weighted by atomic mass is 16.5. The average molecular weight is 242 g/mol. The molecule has 1 aliphatic carbocycles. The number of rotatable bonds is 8. The summed E-state index contributed by atoms with van der Waals surface area (Å²) in [6.07, 6.45) is 7.85. The van der Waals surface area contributed by atoms with Crippen molar-refractivity contribution in [3.8, 4) is 0 Å². The minimum atomic E-state index is 0.484. The molecule has 0 aromatic carbocycles. The van der Waals surface area contributed by atoms with Crippen LogP contribution in [0.2, 0.25) is 0 Å². The van der Waals surface area contributed by atoms with Gasteiger partial charge in [-0.2, -0.15) is 0 Å². The van der Waals surface area contributed by atoms with Gasteiger partial charge < -0.3 is 15.8 Å². The first-order chi connectivity index (χ1) is 8.27. The van der Waals surface area contributed by atoms with E-state index < -0.39 is 0 Å². The van der Waals surface area contributed by atoms with Gasteiger partial charge in [-0.15, -0.1) is 0 Å². The molecular formula is C14H30N2O. The van der Waals surface area contributed by atoms with Crippen molar-refractivity contribution in [1.82, 2.24) is 5.32 Å². The van der Waals surface area contributed by atoms with E-state index >= 15 is 0 Å². The van der Waals surface area contributed by atoms with Crippen LogP contribution in [0.15, 0.2) is 0 Å². The zero-order chi connectivity index (χ0) is 12.5. The second kappa shape index (κ2) is 8.90. The maximum atomic E-state index is 5.57. The van der Waals surface area contributed by atoms with Gasteiger partial charge in [0.1, 0.15) is 0 Å². The summed E-state index contributed by atoms with van der Waals surface area (Å²) >= 11 is 0. The summed E-state index contributed by atoms with van der Waals surface area (Å²) in [5.41, 5.74) is 5.57. The number of hydrogen-bond donors (Lipinski definition) is 2. The van der Waals surface area contributed by atoms with E-state index in [0.717, 1.165) is 44.4 Å². The highest BCUT2D eigenvalue weighted by Crippen LogP contribution is 2.28.